The number of anilines is 1. The molecular weight excluding hydrogens is 264 g/mol. The van der Waals surface area contributed by atoms with Crippen LogP contribution < -0.4 is 5.32 Å². The first-order valence-corrected chi connectivity index (χ1v) is 6.11. The molecule has 92 valence electrons. The molecule has 1 unspecified atom stereocenters. The first-order chi connectivity index (χ1) is 8.16. The Morgan fingerprint density at radius 2 is 2.06 bits per heavy atom. The molecule has 0 fully saturated rings. The molecule has 1 N–H and O–H groups in total. The van der Waals surface area contributed by atoms with E-state index < -0.39 is 5.82 Å². The van der Waals surface area contributed by atoms with Crippen LogP contribution in [0.1, 0.15) is 12.8 Å². The Labute approximate surface area is 109 Å². The Morgan fingerprint density at radius 1 is 1.35 bits per heavy atom. The highest BCUT2D eigenvalue weighted by atomic mass is 35.5. The molecule has 0 radical (unpaired) electrons. The van der Waals surface area contributed by atoms with Crippen LogP contribution in [0.3, 0.4) is 0 Å². The Kier molecular flexibility index (Phi) is 4.13. The van der Waals surface area contributed by atoms with Crippen molar-refractivity contribution < 1.29 is 9.13 Å². The van der Waals surface area contributed by atoms with Gasteiger partial charge in [0.05, 0.1) is 28.5 Å². The van der Waals surface area contributed by atoms with Crippen LogP contribution in [-0.2, 0) is 4.74 Å². The second-order valence-electron chi connectivity index (χ2n) is 3.83. The number of hydrogen-bond donors (Lipinski definition) is 1. The zero-order chi connectivity index (χ0) is 12.3. The van der Waals surface area contributed by atoms with Crippen LogP contribution in [-0.4, -0.2) is 12.6 Å². The average molecular weight is 276 g/mol. The predicted molar refractivity (Wildman–Crippen MR) is 68.2 cm³/mol. The number of ether oxygens (including phenoxy) is 1. The molecule has 17 heavy (non-hydrogen) atoms. The van der Waals surface area contributed by atoms with E-state index in [2.05, 4.69) is 5.32 Å². The van der Waals surface area contributed by atoms with Gasteiger partial charge in [0.25, 0.3) is 0 Å². The number of allylic oxidation sites excluding steroid dienone is 1. The van der Waals surface area contributed by atoms with E-state index in [-0.39, 0.29) is 16.1 Å². The molecular formula is C12H12Cl2FNO. The minimum Gasteiger partial charge on any atom is -0.497 e. The van der Waals surface area contributed by atoms with Gasteiger partial charge in [-0.05, 0) is 31.1 Å². The molecule has 0 amide bonds. The zero-order valence-corrected chi connectivity index (χ0v) is 10.6. The van der Waals surface area contributed by atoms with E-state index in [1.807, 2.05) is 6.08 Å². The summed E-state index contributed by atoms with van der Waals surface area (Å²) in [4.78, 5) is 0. The molecule has 1 atom stereocenters. The van der Waals surface area contributed by atoms with Gasteiger partial charge in [-0.2, -0.15) is 0 Å². The quantitative estimate of drug-likeness (QED) is 0.891. The molecule has 1 aromatic carbocycles. The largest absolute Gasteiger partial charge is 0.497 e. The van der Waals surface area contributed by atoms with Crippen molar-refractivity contribution in [1.29, 1.82) is 0 Å². The lowest BCUT2D eigenvalue weighted by molar-refractivity contribution is 0.135. The smallest absolute Gasteiger partial charge is 0.126 e. The topological polar surface area (TPSA) is 21.3 Å². The monoisotopic (exact) mass is 275 g/mol. The lowest BCUT2D eigenvalue weighted by atomic mass is 10.1. The van der Waals surface area contributed by atoms with Gasteiger partial charge >= 0.3 is 0 Å². The summed E-state index contributed by atoms with van der Waals surface area (Å²) >= 11 is 11.8. The summed E-state index contributed by atoms with van der Waals surface area (Å²) < 4.78 is 18.4. The van der Waals surface area contributed by atoms with Crippen LogP contribution in [0.15, 0.2) is 24.5 Å². The maximum absolute atomic E-state index is 13.0. The lowest BCUT2D eigenvalue weighted by Gasteiger charge is -2.21. The van der Waals surface area contributed by atoms with Gasteiger partial charge in [-0.15, -0.1) is 0 Å². The maximum atomic E-state index is 13.0. The van der Waals surface area contributed by atoms with E-state index in [0.29, 0.717) is 12.2 Å². The van der Waals surface area contributed by atoms with Crippen LogP contribution in [0.4, 0.5) is 10.1 Å². The van der Waals surface area contributed by atoms with Crippen LogP contribution in [0.2, 0.25) is 10.0 Å². The summed E-state index contributed by atoms with van der Waals surface area (Å²) in [7, 11) is 0. The summed E-state index contributed by atoms with van der Waals surface area (Å²) in [5.74, 6) is -0.442. The van der Waals surface area contributed by atoms with Crippen molar-refractivity contribution in [2.75, 3.05) is 11.9 Å². The maximum Gasteiger partial charge on any atom is 0.126 e. The summed E-state index contributed by atoms with van der Waals surface area (Å²) in [5.41, 5.74) is 0.549. The molecule has 0 aromatic heterocycles. The van der Waals surface area contributed by atoms with Crippen LogP contribution in [0.5, 0.6) is 0 Å². The van der Waals surface area contributed by atoms with Crippen molar-refractivity contribution in [1.82, 2.24) is 0 Å². The Balaban J connectivity index is 2.01. The van der Waals surface area contributed by atoms with E-state index in [9.17, 15) is 4.39 Å². The molecule has 2 rings (SSSR count). The second-order valence-corrected chi connectivity index (χ2v) is 4.65. The van der Waals surface area contributed by atoms with E-state index in [1.54, 1.807) is 6.26 Å². The standard InChI is InChI=1S/C12H12Cl2FNO/c13-10-5-8(15)6-11(14)12(10)16-7-9-3-1-2-4-17-9/h2,4-6,9,16H,1,3,7H2. The fraction of sp³-hybridized carbons (Fsp3) is 0.333. The Hall–Kier alpha value is -0.930. The predicted octanol–water partition coefficient (Wildman–Crippen LogP) is 4.24. The van der Waals surface area contributed by atoms with Crippen molar-refractivity contribution in [2.45, 2.75) is 18.9 Å². The highest BCUT2D eigenvalue weighted by Gasteiger charge is 2.13. The number of rotatable bonds is 3. The fourth-order valence-corrected chi connectivity index (χ4v) is 2.26. The summed E-state index contributed by atoms with van der Waals surface area (Å²) in [6.07, 6.45) is 5.71. The van der Waals surface area contributed by atoms with Crippen molar-refractivity contribution in [2.24, 2.45) is 0 Å². The Morgan fingerprint density at radius 3 is 2.65 bits per heavy atom. The fourth-order valence-electron chi connectivity index (χ4n) is 1.66. The molecule has 2 nitrogen and oxygen atoms in total. The molecule has 1 aromatic rings. The van der Waals surface area contributed by atoms with Gasteiger partial charge in [0.2, 0.25) is 0 Å². The molecule has 1 aliphatic rings. The highest BCUT2D eigenvalue weighted by Crippen LogP contribution is 2.31. The average Bonchev–Trinajstić information content (AvgIpc) is 2.29. The van der Waals surface area contributed by atoms with Gasteiger partial charge in [-0.25, -0.2) is 4.39 Å². The van der Waals surface area contributed by atoms with Crippen molar-refractivity contribution in [3.63, 3.8) is 0 Å². The highest BCUT2D eigenvalue weighted by molar-refractivity contribution is 6.39. The summed E-state index contributed by atoms with van der Waals surface area (Å²) in [5, 5.41) is 3.65. The van der Waals surface area contributed by atoms with E-state index >= 15 is 0 Å². The number of halogens is 3. The molecule has 5 heteroatoms. The first kappa shape index (κ1) is 12.5. The van der Waals surface area contributed by atoms with Gasteiger partial charge < -0.3 is 10.1 Å². The molecule has 0 saturated carbocycles. The molecule has 1 aliphatic heterocycles. The first-order valence-electron chi connectivity index (χ1n) is 5.35. The molecule has 0 spiro atoms. The van der Waals surface area contributed by atoms with Crippen LogP contribution >= 0.6 is 23.2 Å². The minimum absolute atomic E-state index is 0.0946. The normalized spacial score (nSPS) is 18.9. The number of hydrogen-bond acceptors (Lipinski definition) is 2. The third-order valence-electron chi connectivity index (χ3n) is 2.54. The molecule has 0 saturated heterocycles. The molecule has 0 bridgehead atoms. The van der Waals surface area contributed by atoms with Crippen molar-refractivity contribution >= 4 is 28.9 Å². The second kappa shape index (κ2) is 5.61. The summed E-state index contributed by atoms with van der Waals surface area (Å²) in [6.45, 7) is 0.593. The third-order valence-corrected chi connectivity index (χ3v) is 3.13. The van der Waals surface area contributed by atoms with Crippen LogP contribution in [0, 0.1) is 5.82 Å². The van der Waals surface area contributed by atoms with E-state index in [0.717, 1.165) is 12.8 Å². The van der Waals surface area contributed by atoms with E-state index in [4.69, 9.17) is 27.9 Å². The minimum atomic E-state index is -0.442. The van der Waals surface area contributed by atoms with Gasteiger partial charge in [0.15, 0.2) is 0 Å². The third kappa shape index (κ3) is 3.27. The van der Waals surface area contributed by atoms with Crippen molar-refractivity contribution in [3.8, 4) is 0 Å². The van der Waals surface area contributed by atoms with Gasteiger partial charge in [-0.3, -0.25) is 0 Å². The van der Waals surface area contributed by atoms with Crippen LogP contribution in [0.25, 0.3) is 0 Å². The molecule has 0 aliphatic carbocycles. The summed E-state index contributed by atoms with van der Waals surface area (Å²) in [6, 6.07) is 2.47. The Bertz CT molecular complexity index is 414. The zero-order valence-electron chi connectivity index (χ0n) is 9.05. The van der Waals surface area contributed by atoms with Gasteiger partial charge in [0.1, 0.15) is 11.9 Å². The van der Waals surface area contributed by atoms with E-state index in [1.165, 1.54) is 12.1 Å². The lowest BCUT2D eigenvalue weighted by Crippen LogP contribution is -2.23. The number of benzene rings is 1. The SMILES string of the molecule is Fc1cc(Cl)c(NCC2CCC=CO2)c(Cl)c1. The van der Waals surface area contributed by atoms with Gasteiger partial charge in [-0.1, -0.05) is 23.2 Å². The molecule has 1 heterocycles. The number of nitrogens with one attached hydrogen (secondary N) is 1. The van der Waals surface area contributed by atoms with Gasteiger partial charge in [0, 0.05) is 0 Å². The van der Waals surface area contributed by atoms with Crippen molar-refractivity contribution in [3.05, 3.63) is 40.3 Å².